The zero-order chi connectivity index (χ0) is 14.5. The van der Waals surface area contributed by atoms with Crippen molar-refractivity contribution in [2.24, 2.45) is 0 Å². The molecule has 2 aromatic carbocycles. The molecule has 2 aromatic rings. The molecule has 0 aliphatic rings. The van der Waals surface area contributed by atoms with E-state index in [2.05, 4.69) is 18.3 Å². The Morgan fingerprint density at radius 2 is 2.00 bits per heavy atom. The molecular formula is C16H17N3S. The summed E-state index contributed by atoms with van der Waals surface area (Å²) in [5.74, 6) is 0. The number of nitrogen functional groups attached to an aromatic ring is 1. The number of nitrogens with one attached hydrogen (secondary N) is 1. The average Bonchev–Trinajstić information content (AvgIpc) is 2.46. The zero-order valence-corrected chi connectivity index (χ0v) is 12.4. The zero-order valence-electron chi connectivity index (χ0n) is 11.6. The Balaban J connectivity index is 2.28. The summed E-state index contributed by atoms with van der Waals surface area (Å²) < 4.78 is 0. The van der Waals surface area contributed by atoms with Crippen LogP contribution >= 0.6 is 11.8 Å². The van der Waals surface area contributed by atoms with Crippen molar-refractivity contribution in [3.8, 4) is 6.07 Å². The minimum Gasteiger partial charge on any atom is -0.399 e. The lowest BCUT2D eigenvalue weighted by Crippen LogP contribution is -2.08. The molecule has 0 saturated carbocycles. The van der Waals surface area contributed by atoms with E-state index in [-0.39, 0.29) is 6.04 Å². The molecule has 0 radical (unpaired) electrons. The Morgan fingerprint density at radius 1 is 1.25 bits per heavy atom. The van der Waals surface area contributed by atoms with Gasteiger partial charge in [0.15, 0.2) is 0 Å². The first kappa shape index (κ1) is 14.3. The highest BCUT2D eigenvalue weighted by molar-refractivity contribution is 7.98. The van der Waals surface area contributed by atoms with E-state index in [4.69, 9.17) is 5.73 Å². The van der Waals surface area contributed by atoms with Gasteiger partial charge in [-0.1, -0.05) is 18.2 Å². The smallest absolute Gasteiger partial charge is 0.102 e. The Bertz CT molecular complexity index is 646. The number of anilines is 2. The van der Waals surface area contributed by atoms with Crippen LogP contribution in [0.1, 0.15) is 24.1 Å². The second-order valence-electron chi connectivity index (χ2n) is 4.53. The quantitative estimate of drug-likeness (QED) is 0.657. The van der Waals surface area contributed by atoms with Gasteiger partial charge < -0.3 is 11.1 Å². The second-order valence-corrected chi connectivity index (χ2v) is 5.38. The number of hydrogen-bond acceptors (Lipinski definition) is 4. The Kier molecular flexibility index (Phi) is 4.54. The topological polar surface area (TPSA) is 61.8 Å². The number of thioether (sulfide) groups is 1. The molecule has 0 fully saturated rings. The number of rotatable bonds is 4. The molecular weight excluding hydrogens is 266 g/mol. The highest BCUT2D eigenvalue weighted by Crippen LogP contribution is 2.29. The van der Waals surface area contributed by atoms with Crippen molar-refractivity contribution in [1.29, 1.82) is 5.26 Å². The summed E-state index contributed by atoms with van der Waals surface area (Å²) in [6.07, 6.45) is 1.97. The normalized spacial score (nSPS) is 11.7. The molecule has 0 aromatic heterocycles. The van der Waals surface area contributed by atoms with Crippen LogP contribution in [0.25, 0.3) is 0 Å². The monoisotopic (exact) mass is 283 g/mol. The molecule has 1 unspecified atom stereocenters. The Morgan fingerprint density at radius 3 is 2.65 bits per heavy atom. The van der Waals surface area contributed by atoms with Crippen molar-refractivity contribution < 1.29 is 0 Å². The van der Waals surface area contributed by atoms with Crippen molar-refractivity contribution in [3.05, 3.63) is 53.6 Å². The van der Waals surface area contributed by atoms with Crippen molar-refractivity contribution >= 4 is 23.1 Å². The number of nitriles is 1. The third-order valence-corrected chi connectivity index (χ3v) is 3.92. The van der Waals surface area contributed by atoms with E-state index >= 15 is 0 Å². The van der Waals surface area contributed by atoms with E-state index in [0.717, 1.165) is 21.8 Å². The van der Waals surface area contributed by atoms with Gasteiger partial charge in [-0.3, -0.25) is 0 Å². The number of benzene rings is 2. The van der Waals surface area contributed by atoms with Gasteiger partial charge >= 0.3 is 0 Å². The van der Waals surface area contributed by atoms with Crippen LogP contribution in [0.15, 0.2) is 47.4 Å². The molecule has 20 heavy (non-hydrogen) atoms. The van der Waals surface area contributed by atoms with Crippen LogP contribution in [0.4, 0.5) is 11.4 Å². The van der Waals surface area contributed by atoms with E-state index in [1.165, 1.54) is 0 Å². The van der Waals surface area contributed by atoms with E-state index in [1.54, 1.807) is 11.8 Å². The highest BCUT2D eigenvalue weighted by atomic mass is 32.2. The lowest BCUT2D eigenvalue weighted by molar-refractivity contribution is 0.883. The average molecular weight is 283 g/mol. The van der Waals surface area contributed by atoms with Crippen molar-refractivity contribution in [2.45, 2.75) is 17.9 Å². The summed E-state index contributed by atoms with van der Waals surface area (Å²) in [7, 11) is 0. The summed E-state index contributed by atoms with van der Waals surface area (Å²) in [5.41, 5.74) is 9.20. The molecule has 0 heterocycles. The van der Waals surface area contributed by atoms with E-state index in [0.29, 0.717) is 5.56 Å². The van der Waals surface area contributed by atoms with Crippen LogP contribution in [-0.4, -0.2) is 6.26 Å². The van der Waals surface area contributed by atoms with Crippen LogP contribution < -0.4 is 11.1 Å². The molecule has 1 atom stereocenters. The van der Waals surface area contributed by atoms with Gasteiger partial charge in [-0.2, -0.15) is 5.26 Å². The first-order chi connectivity index (χ1) is 9.65. The predicted octanol–water partition coefficient (Wildman–Crippen LogP) is 4.04. The Hall–Kier alpha value is -2.12. The van der Waals surface area contributed by atoms with Crippen LogP contribution in [-0.2, 0) is 0 Å². The van der Waals surface area contributed by atoms with Gasteiger partial charge in [0.1, 0.15) is 6.07 Å². The van der Waals surface area contributed by atoms with Crippen LogP contribution in [0.2, 0.25) is 0 Å². The minimum atomic E-state index is 0.0858. The van der Waals surface area contributed by atoms with Gasteiger partial charge in [0.25, 0.3) is 0 Å². The van der Waals surface area contributed by atoms with Gasteiger partial charge in [-0.15, -0.1) is 11.8 Å². The standard InChI is InChI=1S/C16H17N3S/c1-11(12-5-3-6-13(18)9-12)19-15-7-4-8-16(20-2)14(15)10-17/h3-9,11,19H,18H2,1-2H3. The SMILES string of the molecule is CSc1cccc(NC(C)c2cccc(N)c2)c1C#N. The molecule has 2 rings (SSSR count). The van der Waals surface area contributed by atoms with E-state index < -0.39 is 0 Å². The molecule has 4 heteroatoms. The van der Waals surface area contributed by atoms with E-state index in [9.17, 15) is 5.26 Å². The summed E-state index contributed by atoms with van der Waals surface area (Å²) in [4.78, 5) is 0.984. The molecule has 0 saturated heterocycles. The second kappa shape index (κ2) is 6.36. The molecule has 0 bridgehead atoms. The fraction of sp³-hybridized carbons (Fsp3) is 0.188. The number of hydrogen-bond donors (Lipinski definition) is 2. The van der Waals surface area contributed by atoms with Crippen LogP contribution in [0.5, 0.6) is 0 Å². The van der Waals surface area contributed by atoms with Gasteiger partial charge in [0, 0.05) is 16.6 Å². The van der Waals surface area contributed by atoms with Gasteiger partial charge in [-0.05, 0) is 43.0 Å². The predicted molar refractivity (Wildman–Crippen MR) is 85.8 cm³/mol. The molecule has 0 spiro atoms. The first-order valence-corrected chi connectivity index (χ1v) is 7.57. The third-order valence-electron chi connectivity index (χ3n) is 3.14. The Labute approximate surface area is 123 Å². The van der Waals surface area contributed by atoms with Crippen LogP contribution in [0, 0.1) is 11.3 Å². The maximum absolute atomic E-state index is 9.33. The van der Waals surface area contributed by atoms with Crippen LogP contribution in [0.3, 0.4) is 0 Å². The molecule has 3 N–H and O–H groups in total. The lowest BCUT2D eigenvalue weighted by Gasteiger charge is -2.18. The fourth-order valence-electron chi connectivity index (χ4n) is 2.08. The highest BCUT2D eigenvalue weighted by Gasteiger charge is 2.11. The van der Waals surface area contributed by atoms with Crippen molar-refractivity contribution in [2.75, 3.05) is 17.3 Å². The number of nitrogens with two attached hydrogens (primary N) is 1. The maximum Gasteiger partial charge on any atom is 0.102 e. The maximum atomic E-state index is 9.33. The lowest BCUT2D eigenvalue weighted by atomic mass is 10.1. The molecule has 0 aliphatic heterocycles. The molecule has 102 valence electrons. The summed E-state index contributed by atoms with van der Waals surface area (Å²) in [6, 6.07) is 16.0. The van der Waals surface area contributed by atoms with Crippen molar-refractivity contribution in [1.82, 2.24) is 0 Å². The largest absolute Gasteiger partial charge is 0.399 e. The van der Waals surface area contributed by atoms with Gasteiger partial charge in [0.05, 0.1) is 11.3 Å². The minimum absolute atomic E-state index is 0.0858. The first-order valence-electron chi connectivity index (χ1n) is 6.34. The third kappa shape index (κ3) is 3.06. The molecule has 0 amide bonds. The van der Waals surface area contributed by atoms with Gasteiger partial charge in [0.2, 0.25) is 0 Å². The fourth-order valence-corrected chi connectivity index (χ4v) is 2.66. The summed E-state index contributed by atoms with van der Waals surface area (Å²) in [6.45, 7) is 2.06. The number of nitrogens with zero attached hydrogens (tertiary/aromatic N) is 1. The van der Waals surface area contributed by atoms with Crippen molar-refractivity contribution in [3.63, 3.8) is 0 Å². The van der Waals surface area contributed by atoms with Gasteiger partial charge in [-0.25, -0.2) is 0 Å². The molecule has 3 nitrogen and oxygen atoms in total. The summed E-state index contributed by atoms with van der Waals surface area (Å²) >= 11 is 1.58. The van der Waals surface area contributed by atoms with E-state index in [1.807, 2.05) is 48.7 Å². The molecule has 0 aliphatic carbocycles. The summed E-state index contributed by atoms with van der Waals surface area (Å²) in [5, 5.41) is 12.7.